The highest BCUT2D eigenvalue weighted by Gasteiger charge is 2.23. The van der Waals surface area contributed by atoms with Crippen LogP contribution in [0.5, 0.6) is 0 Å². The van der Waals surface area contributed by atoms with E-state index in [1.165, 1.54) is 11.0 Å². The molecule has 0 aliphatic heterocycles. The summed E-state index contributed by atoms with van der Waals surface area (Å²) in [5.74, 6) is -0.428. The van der Waals surface area contributed by atoms with Gasteiger partial charge in [-0.25, -0.2) is 4.39 Å². The number of anilines is 3. The van der Waals surface area contributed by atoms with Gasteiger partial charge in [0.2, 0.25) is 0 Å². The Morgan fingerprint density at radius 2 is 1.86 bits per heavy atom. The van der Waals surface area contributed by atoms with Gasteiger partial charge in [-0.1, -0.05) is 18.2 Å². The molecule has 0 atom stereocenters. The Kier molecular flexibility index (Phi) is 4.37. The van der Waals surface area contributed by atoms with Crippen molar-refractivity contribution in [2.24, 2.45) is 0 Å². The number of nitro groups is 1. The average molecular weight is 289 g/mol. The minimum absolute atomic E-state index is 0.0647. The molecule has 0 saturated carbocycles. The van der Waals surface area contributed by atoms with Crippen LogP contribution >= 0.6 is 0 Å². The molecule has 2 rings (SSSR count). The van der Waals surface area contributed by atoms with Gasteiger partial charge in [-0.05, 0) is 31.2 Å². The van der Waals surface area contributed by atoms with Crippen LogP contribution in [0, 0.1) is 15.9 Å². The maximum absolute atomic E-state index is 13.9. The number of benzene rings is 2. The molecule has 2 aromatic rings. The number of hydrogen-bond acceptors (Lipinski definition) is 4. The molecular weight excluding hydrogens is 273 g/mol. The van der Waals surface area contributed by atoms with Crippen molar-refractivity contribution >= 4 is 22.7 Å². The van der Waals surface area contributed by atoms with E-state index in [-0.39, 0.29) is 11.4 Å². The topological polar surface area (TPSA) is 58.4 Å². The Morgan fingerprint density at radius 3 is 2.48 bits per heavy atom. The molecule has 0 spiro atoms. The molecule has 0 bridgehead atoms. The fourth-order valence-corrected chi connectivity index (χ4v) is 2.18. The van der Waals surface area contributed by atoms with Gasteiger partial charge in [0.05, 0.1) is 10.6 Å². The number of nitrogens with one attached hydrogen (secondary N) is 1. The number of rotatable bonds is 5. The summed E-state index contributed by atoms with van der Waals surface area (Å²) >= 11 is 0. The van der Waals surface area contributed by atoms with Crippen LogP contribution in [0.25, 0.3) is 0 Å². The minimum Gasteiger partial charge on any atom is -0.380 e. The molecule has 21 heavy (non-hydrogen) atoms. The van der Waals surface area contributed by atoms with E-state index in [1.54, 1.807) is 43.4 Å². The van der Waals surface area contributed by atoms with E-state index in [4.69, 9.17) is 0 Å². The van der Waals surface area contributed by atoms with E-state index in [9.17, 15) is 14.5 Å². The largest absolute Gasteiger partial charge is 0.380 e. The number of nitro benzene ring substituents is 1. The average Bonchev–Trinajstić information content (AvgIpc) is 2.47. The summed E-state index contributed by atoms with van der Waals surface area (Å²) in [6.07, 6.45) is 0. The zero-order valence-electron chi connectivity index (χ0n) is 11.8. The molecule has 2 aromatic carbocycles. The maximum atomic E-state index is 13.9. The second-order valence-electron chi connectivity index (χ2n) is 4.47. The fourth-order valence-electron chi connectivity index (χ4n) is 2.18. The van der Waals surface area contributed by atoms with Gasteiger partial charge < -0.3 is 10.2 Å². The summed E-state index contributed by atoms with van der Waals surface area (Å²) in [4.78, 5) is 12.4. The molecule has 0 unspecified atom stereocenters. The van der Waals surface area contributed by atoms with E-state index in [0.29, 0.717) is 17.9 Å². The predicted octanol–water partition coefficient (Wildman–Crippen LogP) is 3.93. The SMILES string of the molecule is CCNc1cccc(N(C)c2ccccc2F)c1[N+](=O)[O-]. The van der Waals surface area contributed by atoms with Gasteiger partial charge in [-0.15, -0.1) is 0 Å². The van der Waals surface area contributed by atoms with Gasteiger partial charge in [0.25, 0.3) is 0 Å². The lowest BCUT2D eigenvalue weighted by Crippen LogP contribution is -2.14. The second kappa shape index (κ2) is 6.21. The zero-order chi connectivity index (χ0) is 15.4. The van der Waals surface area contributed by atoms with E-state index in [0.717, 1.165) is 0 Å². The fraction of sp³-hybridized carbons (Fsp3) is 0.200. The molecule has 110 valence electrons. The van der Waals surface area contributed by atoms with Gasteiger partial charge in [0.1, 0.15) is 17.2 Å². The summed E-state index contributed by atoms with van der Waals surface area (Å²) in [5, 5.41) is 14.3. The summed E-state index contributed by atoms with van der Waals surface area (Å²) in [7, 11) is 1.61. The van der Waals surface area contributed by atoms with Gasteiger partial charge in [0, 0.05) is 13.6 Å². The smallest absolute Gasteiger partial charge is 0.315 e. The van der Waals surface area contributed by atoms with Crippen LogP contribution in [0.4, 0.5) is 27.1 Å². The van der Waals surface area contributed by atoms with Crippen LogP contribution < -0.4 is 10.2 Å². The van der Waals surface area contributed by atoms with E-state index in [2.05, 4.69) is 5.32 Å². The highest BCUT2D eigenvalue weighted by molar-refractivity contribution is 5.80. The van der Waals surface area contributed by atoms with E-state index >= 15 is 0 Å². The van der Waals surface area contributed by atoms with E-state index in [1.807, 2.05) is 6.92 Å². The monoisotopic (exact) mass is 289 g/mol. The molecule has 0 amide bonds. The molecule has 6 heteroatoms. The lowest BCUT2D eigenvalue weighted by Gasteiger charge is -2.21. The first-order valence-corrected chi connectivity index (χ1v) is 6.55. The molecule has 5 nitrogen and oxygen atoms in total. The van der Waals surface area contributed by atoms with Gasteiger partial charge in [0.15, 0.2) is 0 Å². The van der Waals surface area contributed by atoms with Crippen molar-refractivity contribution in [3.63, 3.8) is 0 Å². The van der Waals surface area contributed by atoms with Crippen molar-refractivity contribution in [2.75, 3.05) is 23.8 Å². The van der Waals surface area contributed by atoms with Gasteiger partial charge in [-0.3, -0.25) is 10.1 Å². The van der Waals surface area contributed by atoms with Crippen LogP contribution in [0.3, 0.4) is 0 Å². The maximum Gasteiger partial charge on any atom is 0.315 e. The Hall–Kier alpha value is -2.63. The van der Waals surface area contributed by atoms with Crippen LogP contribution in [-0.4, -0.2) is 18.5 Å². The number of halogens is 1. The van der Waals surface area contributed by atoms with Crippen LogP contribution in [0.15, 0.2) is 42.5 Å². The summed E-state index contributed by atoms with van der Waals surface area (Å²) in [5.41, 5.74) is 0.978. The Balaban J connectivity index is 2.55. The van der Waals surface area contributed by atoms with Gasteiger partial charge in [-0.2, -0.15) is 0 Å². The second-order valence-corrected chi connectivity index (χ2v) is 4.47. The lowest BCUT2D eigenvalue weighted by molar-refractivity contribution is -0.383. The molecule has 0 radical (unpaired) electrons. The van der Waals surface area contributed by atoms with Crippen LogP contribution in [0.1, 0.15) is 6.92 Å². The van der Waals surface area contributed by atoms with Crippen molar-refractivity contribution in [1.29, 1.82) is 0 Å². The first-order valence-electron chi connectivity index (χ1n) is 6.55. The minimum atomic E-state index is -0.454. The molecule has 1 N–H and O–H groups in total. The van der Waals surface area contributed by atoms with Crippen molar-refractivity contribution < 1.29 is 9.31 Å². The third-order valence-electron chi connectivity index (χ3n) is 3.14. The first kappa shape index (κ1) is 14.8. The lowest BCUT2D eigenvalue weighted by atomic mass is 10.2. The Morgan fingerprint density at radius 1 is 1.19 bits per heavy atom. The molecule has 0 fully saturated rings. The van der Waals surface area contributed by atoms with Crippen molar-refractivity contribution in [3.8, 4) is 0 Å². The molecule has 0 saturated heterocycles. The normalized spacial score (nSPS) is 10.2. The highest BCUT2D eigenvalue weighted by Crippen LogP contribution is 2.38. The van der Waals surface area contributed by atoms with Crippen molar-refractivity contribution in [2.45, 2.75) is 6.92 Å². The number of hydrogen-bond donors (Lipinski definition) is 1. The van der Waals surface area contributed by atoms with Crippen molar-refractivity contribution in [1.82, 2.24) is 0 Å². The molecular formula is C15H16FN3O2. The third kappa shape index (κ3) is 2.94. The number of para-hydroxylation sites is 2. The zero-order valence-corrected chi connectivity index (χ0v) is 11.8. The number of nitrogens with zero attached hydrogens (tertiary/aromatic N) is 2. The quantitative estimate of drug-likeness (QED) is 0.669. The van der Waals surface area contributed by atoms with Gasteiger partial charge >= 0.3 is 5.69 Å². The molecule has 0 heterocycles. The first-order chi connectivity index (χ1) is 10.1. The summed E-state index contributed by atoms with van der Waals surface area (Å²) < 4.78 is 13.9. The van der Waals surface area contributed by atoms with E-state index < -0.39 is 10.7 Å². The summed E-state index contributed by atoms with van der Waals surface area (Å²) in [6.45, 7) is 2.42. The van der Waals surface area contributed by atoms with Crippen LogP contribution in [-0.2, 0) is 0 Å². The summed E-state index contributed by atoms with van der Waals surface area (Å²) in [6, 6.07) is 11.1. The molecule has 0 aromatic heterocycles. The van der Waals surface area contributed by atoms with Crippen molar-refractivity contribution in [3.05, 3.63) is 58.4 Å². The molecule has 0 aliphatic carbocycles. The standard InChI is InChI=1S/C15H16FN3O2/c1-3-17-12-8-6-10-14(15(12)19(20)21)18(2)13-9-5-4-7-11(13)16/h4-10,17H,3H2,1-2H3. The Labute approximate surface area is 122 Å². The predicted molar refractivity (Wildman–Crippen MR) is 81.7 cm³/mol. The highest BCUT2D eigenvalue weighted by atomic mass is 19.1. The Bertz CT molecular complexity index is 661. The third-order valence-corrected chi connectivity index (χ3v) is 3.14. The van der Waals surface area contributed by atoms with Crippen LogP contribution in [0.2, 0.25) is 0 Å². The molecule has 0 aliphatic rings.